The molecular formula is C16H19ClN4O3. The Morgan fingerprint density at radius 3 is 2.62 bits per heavy atom. The van der Waals surface area contributed by atoms with Crippen molar-refractivity contribution in [1.82, 2.24) is 20.9 Å². The molecule has 2 fully saturated rings. The fraction of sp³-hybridized carbons (Fsp3) is 0.438. The number of imide groups is 1. The molecule has 1 aromatic rings. The van der Waals surface area contributed by atoms with Crippen LogP contribution in [0.2, 0.25) is 5.02 Å². The van der Waals surface area contributed by atoms with Gasteiger partial charge in [0.1, 0.15) is 12.1 Å². The van der Waals surface area contributed by atoms with E-state index in [1.807, 2.05) is 6.92 Å². The largest absolute Gasteiger partial charge is 0.330 e. The first kappa shape index (κ1) is 16.6. The van der Waals surface area contributed by atoms with Crippen LogP contribution in [0.3, 0.4) is 0 Å². The van der Waals surface area contributed by atoms with Gasteiger partial charge in [-0.2, -0.15) is 0 Å². The molecule has 2 aliphatic rings. The van der Waals surface area contributed by atoms with Crippen LogP contribution >= 0.6 is 11.6 Å². The van der Waals surface area contributed by atoms with Gasteiger partial charge in [0.15, 0.2) is 0 Å². The molecule has 8 heteroatoms. The molecule has 3 rings (SSSR count). The topological polar surface area (TPSA) is 90.5 Å². The summed E-state index contributed by atoms with van der Waals surface area (Å²) in [5, 5.41) is 8.32. The molecule has 3 unspecified atom stereocenters. The number of hydrogen-bond acceptors (Lipinski definition) is 3. The molecule has 5 amide bonds. The fourth-order valence-corrected chi connectivity index (χ4v) is 3.45. The summed E-state index contributed by atoms with van der Waals surface area (Å²) < 4.78 is 0. The summed E-state index contributed by atoms with van der Waals surface area (Å²) in [7, 11) is 0. The van der Waals surface area contributed by atoms with E-state index < -0.39 is 36.1 Å². The van der Waals surface area contributed by atoms with Gasteiger partial charge in [-0.25, -0.2) is 9.59 Å². The van der Waals surface area contributed by atoms with Crippen LogP contribution < -0.4 is 16.0 Å². The number of benzene rings is 1. The second-order valence-electron chi connectivity index (χ2n) is 5.93. The van der Waals surface area contributed by atoms with E-state index in [2.05, 4.69) is 16.0 Å². The number of hydrogen-bond donors (Lipinski definition) is 3. The predicted molar refractivity (Wildman–Crippen MR) is 88.3 cm³/mol. The van der Waals surface area contributed by atoms with Crippen molar-refractivity contribution in [3.63, 3.8) is 0 Å². The minimum absolute atomic E-state index is 0.421. The average molecular weight is 351 g/mol. The van der Waals surface area contributed by atoms with Crippen LogP contribution in [0.4, 0.5) is 9.59 Å². The molecule has 2 heterocycles. The zero-order chi connectivity index (χ0) is 17.3. The van der Waals surface area contributed by atoms with Gasteiger partial charge in [0.2, 0.25) is 5.91 Å². The third-order valence-corrected chi connectivity index (χ3v) is 4.73. The van der Waals surface area contributed by atoms with Crippen LogP contribution in [0, 0.1) is 5.92 Å². The van der Waals surface area contributed by atoms with E-state index in [4.69, 9.17) is 11.6 Å². The first-order valence-corrected chi connectivity index (χ1v) is 8.33. The average Bonchev–Trinajstić information content (AvgIpc) is 2.54. The summed E-state index contributed by atoms with van der Waals surface area (Å²) in [5.41, 5.74) is 0.656. The smallest absolute Gasteiger partial charge is 0.325 e. The van der Waals surface area contributed by atoms with E-state index in [0.717, 1.165) is 12.8 Å². The van der Waals surface area contributed by atoms with E-state index in [0.29, 0.717) is 17.1 Å². The molecule has 3 N–H and O–H groups in total. The van der Waals surface area contributed by atoms with Crippen LogP contribution in [0.15, 0.2) is 24.3 Å². The number of nitrogens with one attached hydrogen (secondary N) is 3. The maximum atomic E-state index is 12.5. The summed E-state index contributed by atoms with van der Waals surface area (Å²) in [4.78, 5) is 38.3. The number of unbranched alkanes of at least 4 members (excludes halogenated alkanes) is 1. The summed E-state index contributed by atoms with van der Waals surface area (Å²) >= 11 is 6.25. The molecule has 128 valence electrons. The van der Waals surface area contributed by atoms with Crippen molar-refractivity contribution in [1.29, 1.82) is 0 Å². The molecule has 0 aliphatic carbocycles. The lowest BCUT2D eigenvalue weighted by molar-refractivity contribution is -0.130. The van der Waals surface area contributed by atoms with Gasteiger partial charge in [0, 0.05) is 11.6 Å². The minimum Gasteiger partial charge on any atom is -0.330 e. The lowest BCUT2D eigenvalue weighted by atomic mass is 9.86. The van der Waals surface area contributed by atoms with Crippen molar-refractivity contribution in [2.24, 2.45) is 5.92 Å². The lowest BCUT2D eigenvalue weighted by Gasteiger charge is -2.46. The number of rotatable bonds is 4. The van der Waals surface area contributed by atoms with E-state index in [-0.39, 0.29) is 0 Å². The third-order valence-electron chi connectivity index (χ3n) is 4.39. The van der Waals surface area contributed by atoms with Crippen LogP contribution in [-0.2, 0) is 4.79 Å². The van der Waals surface area contributed by atoms with Gasteiger partial charge in [-0.15, -0.1) is 0 Å². The van der Waals surface area contributed by atoms with Gasteiger partial charge in [0.05, 0.1) is 6.04 Å². The molecule has 7 nitrogen and oxygen atoms in total. The van der Waals surface area contributed by atoms with Gasteiger partial charge >= 0.3 is 12.1 Å². The molecule has 24 heavy (non-hydrogen) atoms. The van der Waals surface area contributed by atoms with Gasteiger partial charge in [-0.1, -0.05) is 43.1 Å². The number of urea groups is 2. The molecule has 2 aliphatic heterocycles. The number of carbonyl (C=O) groups is 3. The molecule has 3 atom stereocenters. The van der Waals surface area contributed by atoms with E-state index in [1.165, 1.54) is 4.90 Å². The molecule has 0 spiro atoms. The van der Waals surface area contributed by atoms with Crippen molar-refractivity contribution >= 4 is 29.6 Å². The number of halogens is 1. The molecule has 1 aromatic carbocycles. The highest BCUT2D eigenvalue weighted by Gasteiger charge is 2.50. The predicted octanol–water partition coefficient (Wildman–Crippen LogP) is 1.99. The zero-order valence-electron chi connectivity index (χ0n) is 13.2. The standard InChI is InChI=1S/C16H19ClN4O3/c1-2-3-8-21-13-11(14(22)20-16(21)24)12(18-15(23)19-13)9-6-4-5-7-10(9)17/h4-7,11-13H,2-3,8H2,1H3,(H2,18,19,23)(H,20,22,24). The van der Waals surface area contributed by atoms with Crippen molar-refractivity contribution in [3.05, 3.63) is 34.9 Å². The Morgan fingerprint density at radius 1 is 1.17 bits per heavy atom. The SMILES string of the molecule is CCCCN1C(=O)NC(=O)C2C(c3ccccc3Cl)NC(=O)NC21. The molecule has 0 aromatic heterocycles. The highest BCUT2D eigenvalue weighted by molar-refractivity contribution is 6.31. The summed E-state index contributed by atoms with van der Waals surface area (Å²) in [5.74, 6) is -1.08. The van der Waals surface area contributed by atoms with E-state index >= 15 is 0 Å². The maximum absolute atomic E-state index is 12.5. The Hall–Kier alpha value is -2.28. The number of nitrogens with zero attached hydrogens (tertiary/aromatic N) is 1. The monoisotopic (exact) mass is 350 g/mol. The Bertz CT molecular complexity index is 681. The first-order valence-electron chi connectivity index (χ1n) is 7.96. The Morgan fingerprint density at radius 2 is 1.92 bits per heavy atom. The Kier molecular flexibility index (Phi) is 4.62. The summed E-state index contributed by atoms with van der Waals surface area (Å²) in [6.07, 6.45) is 0.993. The maximum Gasteiger partial charge on any atom is 0.325 e. The van der Waals surface area contributed by atoms with Gasteiger partial charge < -0.3 is 15.5 Å². The van der Waals surface area contributed by atoms with Crippen molar-refractivity contribution in [3.8, 4) is 0 Å². The molecule has 0 bridgehead atoms. The van der Waals surface area contributed by atoms with Gasteiger partial charge in [0.25, 0.3) is 0 Å². The van der Waals surface area contributed by atoms with Crippen LogP contribution in [0.25, 0.3) is 0 Å². The molecule has 0 radical (unpaired) electrons. The zero-order valence-corrected chi connectivity index (χ0v) is 14.0. The molecular weight excluding hydrogens is 332 g/mol. The second kappa shape index (κ2) is 6.68. The minimum atomic E-state index is -0.687. The number of carbonyl (C=O) groups excluding carboxylic acids is 3. The normalized spacial score (nSPS) is 26.3. The van der Waals surface area contributed by atoms with Crippen molar-refractivity contribution in [2.75, 3.05) is 6.54 Å². The number of fused-ring (bicyclic) bond motifs is 1. The van der Waals surface area contributed by atoms with E-state index in [1.54, 1.807) is 24.3 Å². The van der Waals surface area contributed by atoms with Crippen molar-refractivity contribution in [2.45, 2.75) is 32.0 Å². The van der Waals surface area contributed by atoms with Gasteiger partial charge in [-0.3, -0.25) is 10.1 Å². The van der Waals surface area contributed by atoms with Crippen molar-refractivity contribution < 1.29 is 14.4 Å². The quantitative estimate of drug-likeness (QED) is 0.775. The van der Waals surface area contributed by atoms with E-state index in [9.17, 15) is 14.4 Å². The summed E-state index contributed by atoms with van der Waals surface area (Å²) in [6.45, 7) is 2.48. The number of amides is 5. The molecule has 0 saturated carbocycles. The molecule has 2 saturated heterocycles. The fourth-order valence-electron chi connectivity index (χ4n) is 3.20. The highest BCUT2D eigenvalue weighted by atomic mass is 35.5. The lowest BCUT2D eigenvalue weighted by Crippen LogP contribution is -2.72. The highest BCUT2D eigenvalue weighted by Crippen LogP contribution is 2.35. The van der Waals surface area contributed by atoms with Crippen LogP contribution in [-0.4, -0.2) is 35.6 Å². The van der Waals surface area contributed by atoms with Gasteiger partial charge in [-0.05, 0) is 18.1 Å². The third kappa shape index (κ3) is 2.91. The van der Waals surface area contributed by atoms with Crippen LogP contribution in [0.5, 0.6) is 0 Å². The first-order chi connectivity index (χ1) is 11.5. The Labute approximate surface area is 144 Å². The Balaban J connectivity index is 1.97. The van der Waals surface area contributed by atoms with Crippen LogP contribution in [0.1, 0.15) is 31.4 Å². The summed E-state index contributed by atoms with van der Waals surface area (Å²) in [6, 6.07) is 5.56. The second-order valence-corrected chi connectivity index (χ2v) is 6.34.